The van der Waals surface area contributed by atoms with Crippen LogP contribution in [0.25, 0.3) is 0 Å². The van der Waals surface area contributed by atoms with E-state index in [1.54, 1.807) is 11.8 Å². The highest BCUT2D eigenvalue weighted by Crippen LogP contribution is 2.34. The Labute approximate surface area is 175 Å². The summed E-state index contributed by atoms with van der Waals surface area (Å²) in [7, 11) is 0. The molecule has 0 saturated carbocycles. The fraction of sp³-hybridized carbons (Fsp3) is 0.304. The van der Waals surface area contributed by atoms with Crippen molar-refractivity contribution >= 4 is 11.9 Å². The van der Waals surface area contributed by atoms with Gasteiger partial charge in [0.1, 0.15) is 11.6 Å². The number of nitrogens with one attached hydrogen (secondary N) is 1. The number of amides is 3. The maximum atomic E-state index is 14.6. The van der Waals surface area contributed by atoms with E-state index in [-0.39, 0.29) is 23.6 Å². The summed E-state index contributed by atoms with van der Waals surface area (Å²) in [5, 5.41) is 2.75. The number of allylic oxidation sites excluding steroid dienone is 1. The van der Waals surface area contributed by atoms with Gasteiger partial charge >= 0.3 is 6.03 Å². The van der Waals surface area contributed by atoms with Crippen LogP contribution in [-0.2, 0) is 11.3 Å². The van der Waals surface area contributed by atoms with Gasteiger partial charge in [-0.2, -0.15) is 0 Å². The van der Waals surface area contributed by atoms with Gasteiger partial charge in [0, 0.05) is 30.4 Å². The van der Waals surface area contributed by atoms with Crippen molar-refractivity contribution in [1.29, 1.82) is 0 Å². The van der Waals surface area contributed by atoms with Crippen molar-refractivity contribution in [1.82, 2.24) is 15.1 Å². The van der Waals surface area contributed by atoms with Crippen molar-refractivity contribution in [2.24, 2.45) is 0 Å². The fourth-order valence-corrected chi connectivity index (χ4v) is 3.66. The Balaban J connectivity index is 2.11. The number of likely N-dealkylation sites (N-methyl/N-ethyl adjacent to an activating group) is 1. The number of hydrogen-bond donors (Lipinski definition) is 1. The van der Waals surface area contributed by atoms with Crippen LogP contribution in [0, 0.1) is 11.6 Å². The first kappa shape index (κ1) is 21.5. The molecule has 3 amide bonds. The third-order valence-electron chi connectivity index (χ3n) is 5.33. The van der Waals surface area contributed by atoms with Crippen molar-refractivity contribution in [2.75, 3.05) is 13.1 Å². The van der Waals surface area contributed by atoms with E-state index >= 15 is 0 Å². The highest BCUT2D eigenvalue weighted by molar-refractivity contribution is 5.98. The Morgan fingerprint density at radius 3 is 2.37 bits per heavy atom. The number of halogens is 2. The molecule has 1 heterocycles. The quantitative estimate of drug-likeness (QED) is 0.764. The van der Waals surface area contributed by atoms with Crippen molar-refractivity contribution in [2.45, 2.75) is 33.4 Å². The Kier molecular flexibility index (Phi) is 6.50. The number of carbonyl (C=O) groups excluding carboxylic acids is 2. The monoisotopic (exact) mass is 413 g/mol. The zero-order chi connectivity index (χ0) is 21.8. The topological polar surface area (TPSA) is 52.7 Å². The smallest absolute Gasteiger partial charge is 0.322 e. The van der Waals surface area contributed by atoms with Gasteiger partial charge in [0.2, 0.25) is 0 Å². The number of nitrogens with zero attached hydrogens (tertiary/aromatic N) is 2. The Hall–Kier alpha value is -3.22. The molecular formula is C23H25F2N3O2. The van der Waals surface area contributed by atoms with Crippen LogP contribution in [0.5, 0.6) is 0 Å². The van der Waals surface area contributed by atoms with Crippen LogP contribution >= 0.6 is 0 Å². The number of hydrogen-bond acceptors (Lipinski definition) is 2. The molecule has 2 aromatic carbocycles. The molecule has 0 fully saturated rings. The van der Waals surface area contributed by atoms with E-state index in [2.05, 4.69) is 5.32 Å². The number of urea groups is 1. The van der Waals surface area contributed by atoms with Crippen LogP contribution in [0.2, 0.25) is 0 Å². The van der Waals surface area contributed by atoms with Crippen LogP contribution in [-0.4, -0.2) is 34.8 Å². The van der Waals surface area contributed by atoms with E-state index in [1.807, 2.05) is 44.2 Å². The molecule has 1 atom stereocenters. The molecule has 0 bridgehead atoms. The third kappa shape index (κ3) is 4.20. The van der Waals surface area contributed by atoms with Crippen molar-refractivity contribution in [3.05, 3.63) is 82.6 Å². The van der Waals surface area contributed by atoms with Crippen molar-refractivity contribution in [3.63, 3.8) is 0 Å². The molecule has 0 unspecified atom stereocenters. The lowest BCUT2D eigenvalue weighted by Crippen LogP contribution is -2.49. The van der Waals surface area contributed by atoms with Crippen LogP contribution in [0.4, 0.5) is 13.6 Å². The van der Waals surface area contributed by atoms with Crippen LogP contribution < -0.4 is 5.32 Å². The minimum Gasteiger partial charge on any atom is -0.339 e. The molecule has 0 radical (unpaired) electrons. The van der Waals surface area contributed by atoms with Crippen molar-refractivity contribution in [3.8, 4) is 0 Å². The lowest BCUT2D eigenvalue weighted by molar-refractivity contribution is -0.127. The second-order valence-electron chi connectivity index (χ2n) is 7.10. The zero-order valence-corrected chi connectivity index (χ0v) is 17.3. The molecule has 0 aliphatic carbocycles. The summed E-state index contributed by atoms with van der Waals surface area (Å²) >= 11 is 0. The van der Waals surface area contributed by atoms with Gasteiger partial charge < -0.3 is 10.2 Å². The van der Waals surface area contributed by atoms with Gasteiger partial charge in [-0.15, -0.1) is 0 Å². The van der Waals surface area contributed by atoms with Gasteiger partial charge in [-0.05, 0) is 32.4 Å². The molecule has 1 aliphatic rings. The first-order valence-corrected chi connectivity index (χ1v) is 9.94. The van der Waals surface area contributed by atoms with Crippen molar-refractivity contribution < 1.29 is 18.4 Å². The Bertz CT molecular complexity index is 972. The SMILES string of the molecule is CCN(CC)C(=O)C1=C(C)N(Cc2ccccc2)C(=O)N[C@@H]1c1ccc(F)cc1F. The first-order valence-electron chi connectivity index (χ1n) is 9.94. The molecule has 1 N–H and O–H groups in total. The predicted molar refractivity (Wildman–Crippen MR) is 110 cm³/mol. The first-order chi connectivity index (χ1) is 14.4. The van der Waals surface area contributed by atoms with Gasteiger partial charge in [-0.3, -0.25) is 9.69 Å². The lowest BCUT2D eigenvalue weighted by atomic mass is 9.93. The summed E-state index contributed by atoms with van der Waals surface area (Å²) in [6.07, 6.45) is 0. The number of carbonyl (C=O) groups is 2. The summed E-state index contributed by atoms with van der Waals surface area (Å²) in [6.45, 7) is 6.61. The summed E-state index contributed by atoms with van der Waals surface area (Å²) in [6, 6.07) is 11.1. The second kappa shape index (κ2) is 9.07. The molecule has 158 valence electrons. The third-order valence-corrected chi connectivity index (χ3v) is 5.33. The molecule has 0 saturated heterocycles. The summed E-state index contributed by atoms with van der Waals surface area (Å²) < 4.78 is 28.0. The molecule has 2 aromatic rings. The molecule has 30 heavy (non-hydrogen) atoms. The number of benzene rings is 2. The average molecular weight is 413 g/mol. The van der Waals surface area contributed by atoms with E-state index < -0.39 is 23.7 Å². The van der Waals surface area contributed by atoms with E-state index in [1.165, 1.54) is 11.0 Å². The second-order valence-corrected chi connectivity index (χ2v) is 7.10. The summed E-state index contributed by atoms with van der Waals surface area (Å²) in [4.78, 5) is 29.3. The van der Waals surface area contributed by atoms with Gasteiger partial charge in [0.25, 0.3) is 5.91 Å². The number of rotatable bonds is 6. The molecular weight excluding hydrogens is 388 g/mol. The van der Waals surface area contributed by atoms with Gasteiger partial charge in [0.05, 0.1) is 18.2 Å². The standard InChI is InChI=1S/C23H25F2N3O2/c1-4-27(5-2)22(29)20-15(3)28(14-16-9-7-6-8-10-16)23(30)26-21(20)18-12-11-17(24)13-19(18)25/h6-13,21H,4-5,14H2,1-3H3,(H,26,30)/t21-/m1/s1. The van der Waals surface area contributed by atoms with Gasteiger partial charge in [-0.25, -0.2) is 13.6 Å². The van der Waals surface area contributed by atoms with Crippen LogP contribution in [0.1, 0.15) is 37.9 Å². The van der Waals surface area contributed by atoms with E-state index in [9.17, 15) is 18.4 Å². The molecule has 7 heteroatoms. The normalized spacial score (nSPS) is 16.5. The average Bonchev–Trinajstić information content (AvgIpc) is 2.72. The highest BCUT2D eigenvalue weighted by Gasteiger charge is 2.38. The zero-order valence-electron chi connectivity index (χ0n) is 17.3. The van der Waals surface area contributed by atoms with Crippen LogP contribution in [0.15, 0.2) is 59.8 Å². The molecule has 0 aromatic heterocycles. The van der Waals surface area contributed by atoms with Gasteiger partial charge in [-0.1, -0.05) is 36.4 Å². The highest BCUT2D eigenvalue weighted by atomic mass is 19.1. The van der Waals surface area contributed by atoms with E-state index in [0.29, 0.717) is 18.8 Å². The van der Waals surface area contributed by atoms with Gasteiger partial charge in [0.15, 0.2) is 0 Å². The summed E-state index contributed by atoms with van der Waals surface area (Å²) in [5.41, 5.74) is 1.68. The fourth-order valence-electron chi connectivity index (χ4n) is 3.66. The predicted octanol–water partition coefficient (Wildman–Crippen LogP) is 4.37. The maximum Gasteiger partial charge on any atom is 0.322 e. The molecule has 5 nitrogen and oxygen atoms in total. The largest absolute Gasteiger partial charge is 0.339 e. The maximum absolute atomic E-state index is 14.6. The minimum absolute atomic E-state index is 0.0546. The molecule has 0 spiro atoms. The van der Waals surface area contributed by atoms with E-state index in [0.717, 1.165) is 17.7 Å². The lowest BCUT2D eigenvalue weighted by Gasteiger charge is -2.37. The summed E-state index contributed by atoms with van der Waals surface area (Å²) in [5.74, 6) is -1.82. The Morgan fingerprint density at radius 1 is 1.10 bits per heavy atom. The Morgan fingerprint density at radius 2 is 1.77 bits per heavy atom. The minimum atomic E-state index is -1.00. The molecule has 3 rings (SSSR count). The van der Waals surface area contributed by atoms with Crippen LogP contribution in [0.3, 0.4) is 0 Å². The molecule has 1 aliphatic heterocycles. The van der Waals surface area contributed by atoms with E-state index in [4.69, 9.17) is 0 Å².